The minimum absolute atomic E-state index is 0.0183. The van der Waals surface area contributed by atoms with Gasteiger partial charge in [-0.25, -0.2) is 12.8 Å². The molecule has 0 heterocycles. The van der Waals surface area contributed by atoms with Crippen molar-refractivity contribution in [2.24, 2.45) is 0 Å². The van der Waals surface area contributed by atoms with Crippen LogP contribution in [0.1, 0.15) is 19.4 Å². The molecule has 2 amide bonds. The summed E-state index contributed by atoms with van der Waals surface area (Å²) in [6, 6.07) is 18.7. The largest absolute Gasteiger partial charge is 0.355 e. The second-order valence-electron chi connectivity index (χ2n) is 7.99. The average molecular weight is 532 g/mol. The molecule has 0 saturated heterocycles. The fraction of sp³-hybridized carbons (Fsp3) is 0.231. The summed E-state index contributed by atoms with van der Waals surface area (Å²) in [5, 5.41) is 2.94. The molecule has 0 aliphatic rings. The lowest BCUT2D eigenvalue weighted by molar-refractivity contribution is -0.139. The molecule has 3 aromatic carbocycles. The van der Waals surface area contributed by atoms with E-state index in [-0.39, 0.29) is 27.7 Å². The number of amides is 2. The Bertz CT molecular complexity index is 1320. The molecule has 36 heavy (non-hydrogen) atoms. The Labute approximate surface area is 215 Å². The number of benzene rings is 3. The second kappa shape index (κ2) is 12.0. The van der Waals surface area contributed by atoms with Crippen LogP contribution >= 0.6 is 11.6 Å². The number of carbonyl (C=O) groups excluding carboxylic acids is 2. The van der Waals surface area contributed by atoms with Crippen molar-refractivity contribution in [3.05, 3.63) is 95.3 Å². The predicted octanol–water partition coefficient (Wildman–Crippen LogP) is 4.23. The van der Waals surface area contributed by atoms with Gasteiger partial charge >= 0.3 is 0 Å². The fourth-order valence-electron chi connectivity index (χ4n) is 3.59. The number of anilines is 1. The Kier molecular flexibility index (Phi) is 9.06. The van der Waals surface area contributed by atoms with Crippen LogP contribution in [0.15, 0.2) is 83.8 Å². The van der Waals surface area contributed by atoms with Gasteiger partial charge in [-0.1, -0.05) is 54.1 Å². The minimum Gasteiger partial charge on any atom is -0.355 e. The summed E-state index contributed by atoms with van der Waals surface area (Å²) >= 11 is 6.12. The van der Waals surface area contributed by atoms with E-state index >= 15 is 0 Å². The summed E-state index contributed by atoms with van der Waals surface area (Å²) in [5.41, 5.74) is 0.374. The van der Waals surface area contributed by atoms with Gasteiger partial charge in [-0.15, -0.1) is 0 Å². The molecule has 0 radical (unpaired) electrons. The molecule has 1 atom stereocenters. The molecular formula is C26H27ClFN3O4S. The van der Waals surface area contributed by atoms with Gasteiger partial charge in [0.2, 0.25) is 11.8 Å². The molecule has 10 heteroatoms. The maximum absolute atomic E-state index is 14.4. The smallest absolute Gasteiger partial charge is 0.264 e. The van der Waals surface area contributed by atoms with E-state index in [4.69, 9.17) is 11.6 Å². The maximum Gasteiger partial charge on any atom is 0.264 e. The molecule has 7 nitrogen and oxygen atoms in total. The third kappa shape index (κ3) is 6.41. The van der Waals surface area contributed by atoms with Gasteiger partial charge in [0.25, 0.3) is 10.0 Å². The van der Waals surface area contributed by atoms with Crippen LogP contribution in [0, 0.1) is 5.82 Å². The van der Waals surface area contributed by atoms with Crippen LogP contribution < -0.4 is 9.62 Å². The van der Waals surface area contributed by atoms with E-state index in [1.165, 1.54) is 54.3 Å². The lowest BCUT2D eigenvalue weighted by Crippen LogP contribution is -2.51. The molecule has 0 aliphatic carbocycles. The first kappa shape index (κ1) is 27.2. The summed E-state index contributed by atoms with van der Waals surface area (Å²) in [6.07, 6.45) is 0. The first-order valence-electron chi connectivity index (χ1n) is 11.3. The number of sulfonamides is 1. The number of likely N-dealkylation sites (N-methyl/N-ethyl adjacent to an activating group) is 1. The molecule has 0 aromatic heterocycles. The van der Waals surface area contributed by atoms with Crippen LogP contribution in [-0.4, -0.2) is 44.3 Å². The quantitative estimate of drug-likeness (QED) is 0.424. The van der Waals surface area contributed by atoms with Crippen molar-refractivity contribution in [1.29, 1.82) is 0 Å². The Morgan fingerprint density at radius 1 is 1.00 bits per heavy atom. The molecule has 0 spiro atoms. The summed E-state index contributed by atoms with van der Waals surface area (Å²) < 4.78 is 42.6. The van der Waals surface area contributed by atoms with Crippen molar-refractivity contribution in [1.82, 2.24) is 10.2 Å². The molecule has 0 fully saturated rings. The highest BCUT2D eigenvalue weighted by molar-refractivity contribution is 7.92. The summed E-state index contributed by atoms with van der Waals surface area (Å²) in [4.78, 5) is 27.4. The van der Waals surface area contributed by atoms with Gasteiger partial charge in [-0.3, -0.25) is 13.9 Å². The topological polar surface area (TPSA) is 86.8 Å². The van der Waals surface area contributed by atoms with Gasteiger partial charge < -0.3 is 10.2 Å². The molecule has 1 N–H and O–H groups in total. The van der Waals surface area contributed by atoms with Crippen molar-refractivity contribution in [2.45, 2.75) is 31.3 Å². The number of nitrogens with zero attached hydrogens (tertiary/aromatic N) is 2. The zero-order valence-electron chi connectivity index (χ0n) is 19.9. The SMILES string of the molecule is CCNC(=O)[C@H](C)N(Cc1ccccc1F)C(=O)CN(c1cccc(Cl)c1)S(=O)(=O)c1ccccc1. The van der Waals surface area contributed by atoms with Crippen LogP contribution in [0.25, 0.3) is 0 Å². The van der Waals surface area contributed by atoms with Gasteiger partial charge in [0, 0.05) is 23.7 Å². The standard InChI is InChI=1S/C26H27ClFN3O4S/c1-3-29-26(33)19(2)30(17-20-10-7-8-15-24(20)28)25(32)18-31(22-12-9-11-21(27)16-22)36(34,35)23-13-5-4-6-14-23/h4-16,19H,3,17-18H2,1-2H3,(H,29,33)/t19-/m0/s1. The van der Waals surface area contributed by atoms with Crippen molar-refractivity contribution in [3.8, 4) is 0 Å². The first-order chi connectivity index (χ1) is 17.1. The van der Waals surface area contributed by atoms with Gasteiger partial charge in [-0.05, 0) is 50.2 Å². The summed E-state index contributed by atoms with van der Waals surface area (Å²) in [7, 11) is -4.18. The molecular weight excluding hydrogens is 505 g/mol. The number of hydrogen-bond donors (Lipinski definition) is 1. The summed E-state index contributed by atoms with van der Waals surface area (Å²) in [5.74, 6) is -1.67. The number of rotatable bonds is 10. The normalized spacial score (nSPS) is 12.0. The van der Waals surface area contributed by atoms with E-state index in [1.54, 1.807) is 43.3 Å². The highest BCUT2D eigenvalue weighted by Crippen LogP contribution is 2.27. The van der Waals surface area contributed by atoms with Crippen molar-refractivity contribution < 1.29 is 22.4 Å². The summed E-state index contributed by atoms with van der Waals surface area (Å²) in [6.45, 7) is 2.73. The van der Waals surface area contributed by atoms with Crippen LogP contribution in [-0.2, 0) is 26.2 Å². The van der Waals surface area contributed by atoms with Gasteiger partial charge in [-0.2, -0.15) is 0 Å². The molecule has 0 bridgehead atoms. The van der Waals surface area contributed by atoms with Gasteiger partial charge in [0.15, 0.2) is 0 Å². The van der Waals surface area contributed by atoms with E-state index in [9.17, 15) is 22.4 Å². The zero-order chi connectivity index (χ0) is 26.3. The number of carbonyl (C=O) groups is 2. The molecule has 190 valence electrons. The van der Waals surface area contributed by atoms with E-state index in [1.807, 2.05) is 0 Å². The number of nitrogens with one attached hydrogen (secondary N) is 1. The number of halogens is 2. The lowest BCUT2D eigenvalue weighted by Gasteiger charge is -2.32. The maximum atomic E-state index is 14.4. The first-order valence-corrected chi connectivity index (χ1v) is 13.1. The lowest BCUT2D eigenvalue weighted by atomic mass is 10.1. The third-order valence-corrected chi connectivity index (χ3v) is 7.55. The monoisotopic (exact) mass is 531 g/mol. The number of hydrogen-bond acceptors (Lipinski definition) is 4. The molecule has 0 unspecified atom stereocenters. The van der Waals surface area contributed by atoms with Crippen molar-refractivity contribution in [2.75, 3.05) is 17.4 Å². The van der Waals surface area contributed by atoms with Crippen molar-refractivity contribution >= 4 is 39.1 Å². The predicted molar refractivity (Wildman–Crippen MR) is 138 cm³/mol. The second-order valence-corrected chi connectivity index (χ2v) is 10.3. The van der Waals surface area contributed by atoms with E-state index in [0.29, 0.717) is 6.54 Å². The Balaban J connectivity index is 2.03. The Hall–Kier alpha value is -3.43. The molecule has 0 aliphatic heterocycles. The third-order valence-electron chi connectivity index (χ3n) is 5.52. The van der Waals surface area contributed by atoms with E-state index in [0.717, 1.165) is 4.31 Å². The molecule has 3 aromatic rings. The zero-order valence-corrected chi connectivity index (χ0v) is 21.5. The fourth-order valence-corrected chi connectivity index (χ4v) is 5.21. The van der Waals surface area contributed by atoms with Crippen LogP contribution in [0.3, 0.4) is 0 Å². The highest BCUT2D eigenvalue weighted by atomic mass is 35.5. The van der Waals surface area contributed by atoms with E-state index < -0.39 is 40.2 Å². The van der Waals surface area contributed by atoms with Gasteiger partial charge in [0.1, 0.15) is 18.4 Å². The highest BCUT2D eigenvalue weighted by Gasteiger charge is 2.32. The molecule has 0 saturated carbocycles. The molecule has 3 rings (SSSR count). The Morgan fingerprint density at radius 3 is 2.31 bits per heavy atom. The average Bonchev–Trinajstić information content (AvgIpc) is 2.86. The van der Waals surface area contributed by atoms with Crippen molar-refractivity contribution in [3.63, 3.8) is 0 Å². The van der Waals surface area contributed by atoms with Crippen LogP contribution in [0.4, 0.5) is 10.1 Å². The Morgan fingerprint density at radius 2 is 1.67 bits per heavy atom. The van der Waals surface area contributed by atoms with Crippen LogP contribution in [0.2, 0.25) is 5.02 Å². The van der Waals surface area contributed by atoms with Crippen LogP contribution in [0.5, 0.6) is 0 Å². The van der Waals surface area contributed by atoms with Gasteiger partial charge in [0.05, 0.1) is 10.6 Å². The minimum atomic E-state index is -4.18. The van der Waals surface area contributed by atoms with E-state index in [2.05, 4.69) is 5.32 Å².